The maximum atomic E-state index is 15.1. The molecule has 1 saturated carbocycles. The Labute approximate surface area is 245 Å². The minimum atomic E-state index is -4.42. The maximum Gasteiger partial charge on any atom is 0.416 e. The van der Waals surface area contributed by atoms with Crippen molar-refractivity contribution in [2.75, 3.05) is 23.1 Å². The van der Waals surface area contributed by atoms with Crippen LogP contribution >= 0.6 is 0 Å². The Bertz CT molecular complexity index is 1510. The number of alkyl halides is 3. The van der Waals surface area contributed by atoms with Gasteiger partial charge >= 0.3 is 6.18 Å². The summed E-state index contributed by atoms with van der Waals surface area (Å²) in [5.41, 5.74) is 0.00919. The molecule has 2 aromatic carbocycles. The fourth-order valence-electron chi connectivity index (χ4n) is 5.67. The lowest BCUT2D eigenvalue weighted by atomic mass is 9.77. The molecule has 43 heavy (non-hydrogen) atoms. The van der Waals surface area contributed by atoms with Gasteiger partial charge in [-0.3, -0.25) is 14.4 Å². The molecule has 1 aromatic heterocycles. The molecule has 2 aliphatic rings. The van der Waals surface area contributed by atoms with E-state index >= 15 is 4.39 Å². The van der Waals surface area contributed by atoms with Crippen LogP contribution < -0.4 is 10.0 Å². The SMILES string of the molecule is O=CO.O=S(=O)(Nc1ccncn1)c1cc(O)c(N[C@H]2CC[C@H](c3cccc(C(F)(F)F)c3)C[C@@H]2N2CCCC2)cc1F. The van der Waals surface area contributed by atoms with E-state index in [0.717, 1.165) is 50.5 Å². The lowest BCUT2D eigenvalue weighted by Gasteiger charge is -2.42. The van der Waals surface area contributed by atoms with Crippen molar-refractivity contribution < 1.29 is 41.0 Å². The molecule has 1 saturated heterocycles. The van der Waals surface area contributed by atoms with Crippen molar-refractivity contribution in [3.8, 4) is 5.75 Å². The van der Waals surface area contributed by atoms with E-state index in [1.54, 1.807) is 6.07 Å². The van der Waals surface area contributed by atoms with Crippen molar-refractivity contribution in [2.24, 2.45) is 0 Å². The second kappa shape index (κ2) is 13.5. The Kier molecular flexibility index (Phi) is 10.1. The molecule has 5 rings (SSSR count). The fraction of sp³-hybridized carbons (Fsp3) is 0.393. The number of carbonyl (C=O) groups is 1. The van der Waals surface area contributed by atoms with Crippen LogP contribution in [0.25, 0.3) is 0 Å². The number of hydrogen-bond acceptors (Lipinski definition) is 8. The number of sulfonamides is 1. The summed E-state index contributed by atoms with van der Waals surface area (Å²) in [6.45, 7) is 1.43. The minimum absolute atomic E-state index is 0.0465. The van der Waals surface area contributed by atoms with Crippen molar-refractivity contribution in [1.29, 1.82) is 0 Å². The minimum Gasteiger partial charge on any atom is -0.506 e. The Hall–Kier alpha value is -3.98. The van der Waals surface area contributed by atoms with Gasteiger partial charge in [0.25, 0.3) is 16.5 Å². The highest BCUT2D eigenvalue weighted by molar-refractivity contribution is 7.92. The van der Waals surface area contributed by atoms with Gasteiger partial charge in [0.15, 0.2) is 0 Å². The largest absolute Gasteiger partial charge is 0.506 e. The summed E-state index contributed by atoms with van der Waals surface area (Å²) in [4.78, 5) is 17.4. The van der Waals surface area contributed by atoms with E-state index in [0.29, 0.717) is 24.8 Å². The molecule has 2 fully saturated rings. The van der Waals surface area contributed by atoms with Crippen LogP contribution in [0.3, 0.4) is 0 Å². The van der Waals surface area contributed by atoms with Crippen molar-refractivity contribution >= 4 is 28.0 Å². The Balaban J connectivity index is 0.00000135. The average Bonchev–Trinajstić information content (AvgIpc) is 3.50. The van der Waals surface area contributed by atoms with Gasteiger partial charge < -0.3 is 15.5 Å². The van der Waals surface area contributed by atoms with Crippen LogP contribution in [0.2, 0.25) is 0 Å². The third-order valence-corrected chi connectivity index (χ3v) is 8.98. The van der Waals surface area contributed by atoms with Crippen LogP contribution in [0, 0.1) is 5.82 Å². The molecule has 232 valence electrons. The summed E-state index contributed by atoms with van der Waals surface area (Å²) in [7, 11) is -4.38. The van der Waals surface area contributed by atoms with E-state index in [9.17, 15) is 26.7 Å². The van der Waals surface area contributed by atoms with Crippen molar-refractivity contribution in [1.82, 2.24) is 14.9 Å². The second-order valence-corrected chi connectivity index (χ2v) is 12.0. The zero-order valence-electron chi connectivity index (χ0n) is 22.8. The van der Waals surface area contributed by atoms with Gasteiger partial charge in [-0.2, -0.15) is 13.2 Å². The number of halogens is 4. The van der Waals surface area contributed by atoms with Gasteiger partial charge in [-0.05, 0) is 68.8 Å². The quantitative estimate of drug-likeness (QED) is 0.161. The number of nitrogens with one attached hydrogen (secondary N) is 2. The Morgan fingerprint density at radius 2 is 1.79 bits per heavy atom. The molecule has 1 aliphatic heterocycles. The summed E-state index contributed by atoms with van der Waals surface area (Å²) in [5.74, 6) is -1.64. The van der Waals surface area contributed by atoms with Gasteiger partial charge in [0.2, 0.25) is 0 Å². The number of rotatable bonds is 7. The first-order chi connectivity index (χ1) is 20.4. The number of anilines is 2. The van der Waals surface area contributed by atoms with Gasteiger partial charge in [0, 0.05) is 30.4 Å². The van der Waals surface area contributed by atoms with Crippen molar-refractivity contribution in [3.05, 3.63) is 71.9 Å². The first-order valence-corrected chi connectivity index (χ1v) is 15.0. The predicted molar refractivity (Wildman–Crippen MR) is 150 cm³/mol. The van der Waals surface area contributed by atoms with E-state index in [1.807, 2.05) is 0 Å². The van der Waals surface area contributed by atoms with E-state index in [1.165, 1.54) is 24.4 Å². The smallest absolute Gasteiger partial charge is 0.416 e. The zero-order chi connectivity index (χ0) is 31.2. The summed E-state index contributed by atoms with van der Waals surface area (Å²) >= 11 is 0. The molecule has 10 nitrogen and oxygen atoms in total. The van der Waals surface area contributed by atoms with Gasteiger partial charge in [0.05, 0.1) is 11.3 Å². The number of nitrogens with zero attached hydrogens (tertiary/aromatic N) is 3. The molecule has 0 spiro atoms. The first-order valence-electron chi connectivity index (χ1n) is 13.5. The summed E-state index contributed by atoms with van der Waals surface area (Å²) in [6, 6.07) is 8.25. The van der Waals surface area contributed by atoms with Gasteiger partial charge in [-0.25, -0.2) is 22.8 Å². The highest BCUT2D eigenvalue weighted by atomic mass is 32.2. The van der Waals surface area contributed by atoms with E-state index in [4.69, 9.17) is 9.90 Å². The standard InChI is InChI=1S/C27H29F4N5O3S.CH2O2/c28-20-14-22(24(37)15-25(20)40(38,39)35-26-8-9-32-16-33-26)34-21-7-6-18(13-23(21)36-10-1-2-11-36)17-4-3-5-19(12-17)27(29,30)31;2-1-3/h3-5,8-9,12,14-16,18,21,23,34,37H,1-2,6-7,10-11,13H2,(H,32,33,35);1H,(H,2,3)/t18-,21-,23-;/m0./s1. The van der Waals surface area contributed by atoms with Crippen LogP contribution in [0.5, 0.6) is 5.75 Å². The fourth-order valence-corrected chi connectivity index (χ4v) is 6.76. The van der Waals surface area contributed by atoms with Crippen LogP contribution in [0.1, 0.15) is 49.1 Å². The number of carboxylic acid groups (broad SMARTS) is 1. The van der Waals surface area contributed by atoms with Crippen LogP contribution in [-0.2, 0) is 21.0 Å². The number of aromatic hydroxyl groups is 1. The second-order valence-electron chi connectivity index (χ2n) is 10.3. The number of aromatic nitrogens is 2. The van der Waals surface area contributed by atoms with E-state index in [-0.39, 0.29) is 36.0 Å². The highest BCUT2D eigenvalue weighted by Gasteiger charge is 2.38. The molecular formula is C28H31F4N5O5S. The predicted octanol–water partition coefficient (Wildman–Crippen LogP) is 5.05. The number of benzene rings is 2. The van der Waals surface area contributed by atoms with E-state index < -0.39 is 38.2 Å². The molecule has 0 bridgehead atoms. The summed E-state index contributed by atoms with van der Waals surface area (Å²) in [5, 5.41) is 20.8. The lowest BCUT2D eigenvalue weighted by Crippen LogP contribution is -2.49. The molecule has 3 atom stereocenters. The van der Waals surface area contributed by atoms with Gasteiger partial charge in [-0.15, -0.1) is 0 Å². The van der Waals surface area contributed by atoms with Crippen molar-refractivity contribution in [3.63, 3.8) is 0 Å². The van der Waals surface area contributed by atoms with Crippen LogP contribution in [-0.4, -0.2) is 65.1 Å². The van der Waals surface area contributed by atoms with E-state index in [2.05, 4.69) is 24.9 Å². The maximum absolute atomic E-state index is 15.1. The summed E-state index contributed by atoms with van der Waals surface area (Å²) < 4.78 is 82.7. The molecule has 15 heteroatoms. The monoisotopic (exact) mass is 625 g/mol. The molecule has 4 N–H and O–H groups in total. The Morgan fingerprint density at radius 1 is 1.07 bits per heavy atom. The molecular weight excluding hydrogens is 594 g/mol. The zero-order valence-corrected chi connectivity index (χ0v) is 23.7. The van der Waals surface area contributed by atoms with Crippen LogP contribution in [0.4, 0.5) is 29.1 Å². The third-order valence-electron chi connectivity index (χ3n) is 7.61. The number of likely N-dealkylation sites (tertiary alicyclic amines) is 1. The molecule has 0 unspecified atom stereocenters. The lowest BCUT2D eigenvalue weighted by molar-refractivity contribution is -0.137. The molecule has 3 aromatic rings. The van der Waals surface area contributed by atoms with Crippen molar-refractivity contribution in [2.45, 2.75) is 61.2 Å². The summed E-state index contributed by atoms with van der Waals surface area (Å²) in [6.07, 6.45) is 1.81. The number of phenolic OH excluding ortho intramolecular Hbond substituents is 1. The number of hydrogen-bond donors (Lipinski definition) is 4. The Morgan fingerprint density at radius 3 is 2.44 bits per heavy atom. The normalized spacial score (nSPS) is 21.0. The third kappa shape index (κ3) is 7.90. The average molecular weight is 626 g/mol. The highest BCUT2D eigenvalue weighted by Crippen LogP contribution is 2.41. The molecule has 0 amide bonds. The van der Waals surface area contributed by atoms with Gasteiger partial charge in [0.1, 0.15) is 28.6 Å². The van der Waals surface area contributed by atoms with Gasteiger partial charge in [-0.1, -0.05) is 18.2 Å². The molecule has 0 radical (unpaired) electrons. The first kappa shape index (κ1) is 31.9. The number of phenols is 1. The molecule has 2 heterocycles. The topological polar surface area (TPSA) is 145 Å². The van der Waals surface area contributed by atoms with Crippen LogP contribution in [0.15, 0.2) is 59.9 Å². The molecule has 1 aliphatic carbocycles.